The maximum Gasteiger partial charge on any atom is 0.319 e. The lowest BCUT2D eigenvalue weighted by molar-refractivity contribution is 0.251. The number of piperazine rings is 1. The molecule has 1 saturated heterocycles. The smallest absolute Gasteiger partial charge is 0.319 e. The lowest BCUT2D eigenvalue weighted by atomic mass is 10.3. The highest BCUT2D eigenvalue weighted by Crippen LogP contribution is 2.23. The first-order valence-corrected chi connectivity index (χ1v) is 13.1. The van der Waals surface area contributed by atoms with Crippen LogP contribution < -0.4 is 15.5 Å². The minimum absolute atomic E-state index is 0.165. The number of pyridine rings is 1. The molecule has 0 radical (unpaired) electrons. The van der Waals surface area contributed by atoms with Crippen molar-refractivity contribution in [2.24, 2.45) is 0 Å². The first-order chi connectivity index (χ1) is 17.4. The molecule has 1 aromatic carbocycles. The fourth-order valence-corrected chi connectivity index (χ4v) is 5.58. The van der Waals surface area contributed by atoms with E-state index in [1.165, 1.54) is 18.2 Å². The number of aromatic nitrogens is 3. The monoisotopic (exact) mass is 507 g/mol. The third-order valence-corrected chi connectivity index (χ3v) is 7.92. The Morgan fingerprint density at radius 3 is 2.39 bits per heavy atom. The quantitative estimate of drug-likeness (QED) is 0.447. The highest BCUT2D eigenvalue weighted by atomic mass is 32.2. The van der Waals surface area contributed by atoms with Crippen molar-refractivity contribution in [3.8, 4) is 0 Å². The molecule has 2 N–H and O–H groups in total. The predicted octanol–water partition coefficient (Wildman–Crippen LogP) is 2.61. The molecule has 0 spiro atoms. The summed E-state index contributed by atoms with van der Waals surface area (Å²) < 4.78 is 26.8. The largest absolute Gasteiger partial charge is 0.338 e. The summed E-state index contributed by atoms with van der Waals surface area (Å²) >= 11 is 0. The third kappa shape index (κ3) is 6.04. The molecule has 0 aliphatic carbocycles. The van der Waals surface area contributed by atoms with Crippen LogP contribution in [0, 0.1) is 6.92 Å². The molecule has 36 heavy (non-hydrogen) atoms. The third-order valence-electron chi connectivity index (χ3n) is 5.86. The summed E-state index contributed by atoms with van der Waals surface area (Å²) in [6.07, 6.45) is 8.34. The van der Waals surface area contributed by atoms with E-state index in [-0.39, 0.29) is 4.90 Å². The minimum atomic E-state index is -3.71. The molecule has 1 aliphatic heterocycles. The van der Waals surface area contributed by atoms with Crippen molar-refractivity contribution in [3.05, 3.63) is 85.0 Å². The van der Waals surface area contributed by atoms with E-state index in [0.29, 0.717) is 44.4 Å². The molecule has 1 fully saturated rings. The van der Waals surface area contributed by atoms with Crippen molar-refractivity contribution >= 4 is 27.5 Å². The van der Waals surface area contributed by atoms with E-state index < -0.39 is 21.2 Å². The van der Waals surface area contributed by atoms with Crippen LogP contribution in [-0.4, -0.2) is 65.9 Å². The highest BCUT2D eigenvalue weighted by molar-refractivity contribution is 7.92. The topological polar surface area (TPSA) is 120 Å². The number of amides is 2. The minimum Gasteiger partial charge on any atom is -0.338 e. The molecule has 2 amide bonds. The molecular weight excluding hydrogens is 478 g/mol. The van der Waals surface area contributed by atoms with Gasteiger partial charge in [-0.05, 0) is 48.4 Å². The van der Waals surface area contributed by atoms with Crippen molar-refractivity contribution in [2.75, 3.05) is 36.4 Å². The molecule has 3 heterocycles. The maximum absolute atomic E-state index is 13.4. The second-order valence-electron chi connectivity index (χ2n) is 8.45. The van der Waals surface area contributed by atoms with Crippen molar-refractivity contribution in [3.63, 3.8) is 0 Å². The maximum atomic E-state index is 13.4. The highest BCUT2D eigenvalue weighted by Gasteiger charge is 2.33. The summed E-state index contributed by atoms with van der Waals surface area (Å²) in [5, 5.41) is 4.59. The van der Waals surface area contributed by atoms with Gasteiger partial charge in [0.15, 0.2) is 9.84 Å². The summed E-state index contributed by atoms with van der Waals surface area (Å²) in [4.78, 5) is 29.0. The molecule has 0 bridgehead atoms. The molecule has 1 aliphatic rings. The number of nitrogens with zero attached hydrogens (tertiary/aromatic N) is 5. The number of carbonyl (C=O) groups is 1. The molecule has 1 atom stereocenters. The standard InChI is InChI=1S/C25H29N7O3S/c1-3-23(31-11-13-32(14-12-31)24-27-15-19(2)16-28-24)36(34,35)22-8-6-21(7-9-22)30-25(33)29-18-20-5-4-10-26-17-20/h3-10,15-17,23H,1,11-14,18H2,2H3,(H2,29,30,33). The Balaban J connectivity index is 1.35. The Hall–Kier alpha value is -3.83. The van der Waals surface area contributed by atoms with Gasteiger partial charge in [0.1, 0.15) is 5.37 Å². The van der Waals surface area contributed by atoms with Crippen LogP contribution in [-0.2, 0) is 16.4 Å². The number of urea groups is 1. The molecular formula is C25H29N7O3S. The van der Waals surface area contributed by atoms with Gasteiger partial charge in [-0.15, -0.1) is 6.58 Å². The van der Waals surface area contributed by atoms with Crippen LogP contribution in [0.2, 0.25) is 0 Å². The fraction of sp³-hybridized carbons (Fsp3) is 0.280. The van der Waals surface area contributed by atoms with Gasteiger partial charge in [-0.3, -0.25) is 9.88 Å². The second kappa shape index (κ2) is 11.3. The van der Waals surface area contributed by atoms with Crippen LogP contribution in [0.15, 0.2) is 78.7 Å². The van der Waals surface area contributed by atoms with Crippen molar-refractivity contribution in [1.82, 2.24) is 25.2 Å². The Morgan fingerprint density at radius 1 is 1.08 bits per heavy atom. The summed E-state index contributed by atoms with van der Waals surface area (Å²) in [5.41, 5.74) is 2.35. The van der Waals surface area contributed by atoms with Gasteiger partial charge in [0, 0.05) is 63.2 Å². The van der Waals surface area contributed by atoms with E-state index in [9.17, 15) is 13.2 Å². The zero-order chi connectivity index (χ0) is 25.5. The molecule has 11 heteroatoms. The number of aryl methyl sites for hydroxylation is 1. The van der Waals surface area contributed by atoms with E-state index in [1.807, 2.05) is 22.8 Å². The molecule has 188 valence electrons. The summed E-state index contributed by atoms with van der Waals surface area (Å²) in [5.74, 6) is 0.644. The van der Waals surface area contributed by atoms with Gasteiger partial charge < -0.3 is 15.5 Å². The van der Waals surface area contributed by atoms with Gasteiger partial charge in [-0.1, -0.05) is 12.1 Å². The van der Waals surface area contributed by atoms with E-state index in [0.717, 1.165) is 11.1 Å². The van der Waals surface area contributed by atoms with Crippen LogP contribution in [0.5, 0.6) is 0 Å². The number of hydrogen-bond acceptors (Lipinski definition) is 8. The van der Waals surface area contributed by atoms with Gasteiger partial charge in [0.2, 0.25) is 5.95 Å². The van der Waals surface area contributed by atoms with Gasteiger partial charge in [-0.2, -0.15) is 0 Å². The lowest BCUT2D eigenvalue weighted by Crippen LogP contribution is -2.52. The Kier molecular flexibility index (Phi) is 7.91. The number of hydrogen-bond donors (Lipinski definition) is 2. The van der Waals surface area contributed by atoms with E-state index in [1.54, 1.807) is 43.0 Å². The van der Waals surface area contributed by atoms with Crippen LogP contribution in [0.1, 0.15) is 11.1 Å². The van der Waals surface area contributed by atoms with E-state index >= 15 is 0 Å². The van der Waals surface area contributed by atoms with Crippen LogP contribution in [0.3, 0.4) is 0 Å². The Morgan fingerprint density at radius 2 is 1.78 bits per heavy atom. The number of benzene rings is 1. The number of carbonyl (C=O) groups excluding carboxylic acids is 1. The first kappa shape index (κ1) is 25.3. The summed E-state index contributed by atoms with van der Waals surface area (Å²) in [6, 6.07) is 9.40. The van der Waals surface area contributed by atoms with Gasteiger partial charge in [-0.25, -0.2) is 23.2 Å². The Labute approximate surface area is 211 Å². The van der Waals surface area contributed by atoms with Crippen molar-refractivity contribution in [1.29, 1.82) is 0 Å². The first-order valence-electron chi connectivity index (χ1n) is 11.5. The Bertz CT molecular complexity index is 1280. The SMILES string of the molecule is C=CC(N1CCN(c2ncc(C)cn2)CC1)S(=O)(=O)c1ccc(NC(=O)NCc2cccnc2)cc1. The normalized spacial score (nSPS) is 15.2. The zero-order valence-electron chi connectivity index (χ0n) is 20.0. The number of anilines is 2. The lowest BCUT2D eigenvalue weighted by Gasteiger charge is -2.37. The number of sulfone groups is 1. The van der Waals surface area contributed by atoms with Crippen LogP contribution >= 0.6 is 0 Å². The summed E-state index contributed by atoms with van der Waals surface area (Å²) in [6.45, 7) is 8.34. The predicted molar refractivity (Wildman–Crippen MR) is 138 cm³/mol. The fourth-order valence-electron chi connectivity index (χ4n) is 3.93. The molecule has 4 rings (SSSR count). The summed E-state index contributed by atoms with van der Waals surface area (Å²) in [7, 11) is -3.71. The second-order valence-corrected chi connectivity index (χ2v) is 10.5. The number of rotatable bonds is 8. The molecule has 3 aromatic rings. The van der Waals surface area contributed by atoms with Gasteiger partial charge in [0.25, 0.3) is 0 Å². The van der Waals surface area contributed by atoms with Gasteiger partial charge >= 0.3 is 6.03 Å². The van der Waals surface area contributed by atoms with Crippen LogP contribution in [0.25, 0.3) is 0 Å². The van der Waals surface area contributed by atoms with Crippen molar-refractivity contribution < 1.29 is 13.2 Å². The molecule has 10 nitrogen and oxygen atoms in total. The average molecular weight is 508 g/mol. The number of nitrogens with one attached hydrogen (secondary N) is 2. The van der Waals surface area contributed by atoms with Gasteiger partial charge in [0.05, 0.1) is 4.90 Å². The molecule has 2 aromatic heterocycles. The molecule has 0 saturated carbocycles. The average Bonchev–Trinajstić information content (AvgIpc) is 2.90. The van der Waals surface area contributed by atoms with E-state index in [4.69, 9.17) is 0 Å². The van der Waals surface area contributed by atoms with Crippen LogP contribution in [0.4, 0.5) is 16.4 Å². The van der Waals surface area contributed by atoms with Crippen molar-refractivity contribution in [2.45, 2.75) is 23.7 Å². The van der Waals surface area contributed by atoms with E-state index in [2.05, 4.69) is 32.2 Å². The zero-order valence-corrected chi connectivity index (χ0v) is 20.9. The molecule has 1 unspecified atom stereocenters.